The fourth-order valence-corrected chi connectivity index (χ4v) is 11.2. The molecule has 3 saturated heterocycles. The molecular weight excluding hydrogens is 857 g/mol. The van der Waals surface area contributed by atoms with Gasteiger partial charge in [-0.3, -0.25) is 23.2 Å². The molecule has 2 bridgehead atoms. The molecule has 1 amide bonds. The summed E-state index contributed by atoms with van der Waals surface area (Å²) in [7, 11) is -7.57. The van der Waals surface area contributed by atoms with Gasteiger partial charge in [0, 0.05) is 23.9 Å². The van der Waals surface area contributed by atoms with Gasteiger partial charge < -0.3 is 47.6 Å². The Hall–Kier alpha value is -3.53. The van der Waals surface area contributed by atoms with Gasteiger partial charge in [0.1, 0.15) is 66.0 Å². The molecule has 4 N–H and O–H groups in total. The Bertz CT molecular complexity index is 2590. The Morgan fingerprint density at radius 3 is 2.33 bits per heavy atom. The lowest BCUT2D eigenvalue weighted by Crippen LogP contribution is -2.50. The van der Waals surface area contributed by atoms with Crippen molar-refractivity contribution in [3.8, 4) is 0 Å². The van der Waals surface area contributed by atoms with Gasteiger partial charge in [0.15, 0.2) is 14.5 Å². The third kappa shape index (κ3) is 8.36. The Kier molecular flexibility index (Phi) is 11.5. The third-order valence-corrected chi connectivity index (χ3v) is 18.5. The Labute approximate surface area is 350 Å². The number of hydrogen-bond donors (Lipinski definition) is 4. The lowest BCUT2D eigenvalue weighted by molar-refractivity contribution is -0.0632. The van der Waals surface area contributed by atoms with E-state index in [4.69, 9.17) is 43.8 Å². The standard InChI is InChI=1S/C37H47N7O12P2SSi/c1-20-27-25(52-35(20)43-15-13-23-30(38-19-39-31(23)43)42-33(45)22-11-9-8-10-12-22)18-51-58(49,59)55-29-28(56-60(6,7)37(3,4)5)26(17-50-57(47,48)54-27)53-36(29)44-16-14-24-32(44)40-21(2)41-34(24)46/h8-16,19-20,25-29,35-36H,17-18H2,1-7H3,(H,47,48)(H,49,59)(H,40,41,46)(H,38,39,42,45)/t20-,25+,26+,27?,28?,29-,35+,36+,58?/m0/s1. The zero-order chi connectivity index (χ0) is 42.9. The van der Waals surface area contributed by atoms with E-state index in [1.54, 1.807) is 71.8 Å². The van der Waals surface area contributed by atoms with Gasteiger partial charge in [-0.15, -0.1) is 0 Å². The molecule has 0 radical (unpaired) electrons. The highest BCUT2D eigenvalue weighted by Gasteiger charge is 2.55. The van der Waals surface area contributed by atoms with E-state index in [2.05, 4.69) is 25.3 Å². The van der Waals surface area contributed by atoms with Gasteiger partial charge >= 0.3 is 14.5 Å². The third-order valence-electron chi connectivity index (χ3n) is 11.5. The predicted octanol–water partition coefficient (Wildman–Crippen LogP) is 5.69. The predicted molar refractivity (Wildman–Crippen MR) is 224 cm³/mol. The Morgan fingerprint density at radius 2 is 1.62 bits per heavy atom. The molecule has 5 aromatic rings. The highest BCUT2D eigenvalue weighted by atomic mass is 32.5. The number of nitrogens with zero attached hydrogens (tertiary/aromatic N) is 5. The number of aromatic amines is 1. The minimum absolute atomic E-state index is 0.266. The van der Waals surface area contributed by atoms with E-state index in [-0.39, 0.29) is 33.4 Å². The highest BCUT2D eigenvalue weighted by molar-refractivity contribution is 8.07. The second-order valence-corrected chi connectivity index (χ2v) is 25.6. The number of rotatable bonds is 6. The molecule has 1 aromatic carbocycles. The molecule has 60 heavy (non-hydrogen) atoms. The average Bonchev–Trinajstić information content (AvgIpc) is 3.94. The quantitative estimate of drug-likeness (QED) is 0.118. The van der Waals surface area contributed by atoms with Crippen molar-refractivity contribution in [1.82, 2.24) is 29.1 Å². The van der Waals surface area contributed by atoms with Crippen molar-refractivity contribution in [1.29, 1.82) is 0 Å². The lowest BCUT2D eigenvalue weighted by atomic mass is 10.0. The molecule has 7 heterocycles. The Balaban J connectivity index is 1.12. The minimum Gasteiger partial charge on any atom is -0.408 e. The molecule has 0 saturated carbocycles. The molecule has 3 fully saturated rings. The number of aromatic nitrogens is 6. The molecule has 10 atom stereocenters. The van der Waals surface area contributed by atoms with Gasteiger partial charge in [0.25, 0.3) is 11.5 Å². The van der Waals surface area contributed by atoms with Crippen LogP contribution in [0.15, 0.2) is 66.0 Å². The van der Waals surface area contributed by atoms with Crippen molar-refractivity contribution >= 4 is 68.5 Å². The number of benzene rings is 1. The first kappa shape index (κ1) is 43.1. The van der Waals surface area contributed by atoms with Crippen molar-refractivity contribution in [3.63, 3.8) is 0 Å². The van der Waals surface area contributed by atoms with Gasteiger partial charge in [0.05, 0.1) is 24.0 Å². The molecule has 0 aliphatic carbocycles. The van der Waals surface area contributed by atoms with Gasteiger partial charge in [-0.05, 0) is 61.1 Å². The maximum Gasteiger partial charge on any atom is 0.472 e. The first-order valence-electron chi connectivity index (χ1n) is 19.3. The maximum absolute atomic E-state index is 13.9. The fourth-order valence-electron chi connectivity index (χ4n) is 7.44. The van der Waals surface area contributed by atoms with Crippen molar-refractivity contribution in [3.05, 3.63) is 82.9 Å². The summed E-state index contributed by atoms with van der Waals surface area (Å²) in [4.78, 5) is 65.0. The summed E-state index contributed by atoms with van der Waals surface area (Å²) in [6, 6.07) is 12.0. The summed E-state index contributed by atoms with van der Waals surface area (Å²) in [6.07, 6.45) is -2.87. The summed E-state index contributed by atoms with van der Waals surface area (Å²) in [5.41, 5.74) is 0.739. The summed E-state index contributed by atoms with van der Waals surface area (Å²) in [6.45, 7) is 8.42. The number of hydrogen-bond acceptors (Lipinski definition) is 14. The normalized spacial score (nSPS) is 31.7. The smallest absolute Gasteiger partial charge is 0.408 e. The number of nitrogens with one attached hydrogen (secondary N) is 2. The number of amides is 1. The van der Waals surface area contributed by atoms with E-state index in [9.17, 15) is 23.9 Å². The van der Waals surface area contributed by atoms with Crippen LogP contribution in [-0.4, -0.2) is 96.8 Å². The van der Waals surface area contributed by atoms with Crippen LogP contribution in [0.2, 0.25) is 18.1 Å². The van der Waals surface area contributed by atoms with Crippen molar-refractivity contribution in [2.75, 3.05) is 18.5 Å². The summed E-state index contributed by atoms with van der Waals surface area (Å²) >= 11 is 5.65. The first-order chi connectivity index (χ1) is 28.2. The Morgan fingerprint density at radius 1 is 0.950 bits per heavy atom. The molecule has 3 aliphatic heterocycles. The SMILES string of the molecule is Cc1nc2c(ccn2[C@@H]2O[C@@H]3COP(=O)(O)OC4[C@@H](COP(O)(=S)O[C@H]2C3O[Si](C)(C)C(C)(C)C)O[C@@H](n2ccc3c(NC(=O)c5ccccc5)ncnc32)[C@H]4C)c(=O)[nH]1. The van der Waals surface area contributed by atoms with Gasteiger partial charge in [-0.2, -0.15) is 0 Å². The van der Waals surface area contributed by atoms with Crippen molar-refractivity contribution in [2.45, 2.75) is 95.7 Å². The zero-order valence-corrected chi connectivity index (χ0v) is 37.4. The topological polar surface area (TPSA) is 233 Å². The van der Waals surface area contributed by atoms with Crippen LogP contribution in [-0.2, 0) is 48.4 Å². The number of carbonyl (C=O) groups excluding carboxylic acids is 1. The van der Waals surface area contributed by atoms with Crippen molar-refractivity contribution in [2.24, 2.45) is 5.92 Å². The first-order valence-corrected chi connectivity index (χ1v) is 26.3. The summed E-state index contributed by atoms with van der Waals surface area (Å²) in [5.74, 6) is -0.392. The second-order valence-electron chi connectivity index (χ2n) is 16.6. The molecule has 3 aliphatic rings. The molecular formula is C37H47N7O12P2SSi. The number of aryl methyl sites for hydroxylation is 1. The molecule has 8 rings (SSSR count). The monoisotopic (exact) mass is 903 g/mol. The molecule has 322 valence electrons. The number of ether oxygens (including phenoxy) is 2. The fraction of sp³-hybridized carbons (Fsp3) is 0.486. The summed E-state index contributed by atoms with van der Waals surface area (Å²) in [5, 5.41) is 3.31. The van der Waals surface area contributed by atoms with E-state index in [1.807, 2.05) is 39.9 Å². The number of phosphoric ester groups is 1. The minimum atomic E-state index is -4.90. The average molecular weight is 904 g/mol. The molecule has 0 spiro atoms. The number of fused-ring (bicyclic) bond motifs is 5. The van der Waals surface area contributed by atoms with E-state index in [0.29, 0.717) is 22.4 Å². The molecule has 4 unspecified atom stereocenters. The van der Waals surface area contributed by atoms with Crippen LogP contribution in [0.25, 0.3) is 22.1 Å². The van der Waals surface area contributed by atoms with Gasteiger partial charge in [-0.1, -0.05) is 45.9 Å². The number of phosphoric acid groups is 1. The van der Waals surface area contributed by atoms with Gasteiger partial charge in [0.2, 0.25) is 0 Å². The maximum atomic E-state index is 13.9. The molecule has 4 aromatic heterocycles. The van der Waals surface area contributed by atoms with Crippen LogP contribution >= 0.6 is 14.5 Å². The zero-order valence-electron chi connectivity index (χ0n) is 33.8. The van der Waals surface area contributed by atoms with Crippen LogP contribution in [0.4, 0.5) is 5.82 Å². The van der Waals surface area contributed by atoms with E-state index >= 15 is 0 Å². The molecule has 19 nitrogen and oxygen atoms in total. The highest BCUT2D eigenvalue weighted by Crippen LogP contribution is 2.56. The van der Waals surface area contributed by atoms with Crippen LogP contribution in [0.3, 0.4) is 0 Å². The van der Waals surface area contributed by atoms with Crippen LogP contribution in [0, 0.1) is 12.8 Å². The van der Waals surface area contributed by atoms with E-state index < -0.39 is 85.0 Å². The number of H-pyrrole nitrogens is 1. The van der Waals surface area contributed by atoms with E-state index in [0.717, 1.165) is 0 Å². The second kappa shape index (κ2) is 16.0. The summed E-state index contributed by atoms with van der Waals surface area (Å²) < 4.78 is 61.1. The molecule has 23 heteroatoms. The van der Waals surface area contributed by atoms with Crippen LogP contribution in [0.5, 0.6) is 0 Å². The van der Waals surface area contributed by atoms with Crippen molar-refractivity contribution < 1.29 is 51.1 Å². The number of anilines is 1. The lowest BCUT2D eigenvalue weighted by Gasteiger charge is -2.40. The van der Waals surface area contributed by atoms with Crippen LogP contribution < -0.4 is 10.9 Å². The van der Waals surface area contributed by atoms with Gasteiger partial charge in [-0.25, -0.2) is 19.5 Å². The number of carbonyl (C=O) groups is 1. The largest absolute Gasteiger partial charge is 0.472 e. The van der Waals surface area contributed by atoms with Crippen LogP contribution in [0.1, 0.15) is 56.3 Å². The van der Waals surface area contributed by atoms with E-state index in [1.165, 1.54) is 6.33 Å².